The zero-order valence-electron chi connectivity index (χ0n) is 12.6. The number of alkyl halides is 2. The maximum absolute atomic E-state index is 13.3. The van der Waals surface area contributed by atoms with Crippen LogP contribution in [0.15, 0.2) is 47.4 Å². The van der Waals surface area contributed by atoms with E-state index in [0.29, 0.717) is 23.2 Å². The van der Waals surface area contributed by atoms with Gasteiger partial charge in [-0.3, -0.25) is 0 Å². The van der Waals surface area contributed by atoms with Crippen LogP contribution in [0, 0.1) is 5.82 Å². The predicted molar refractivity (Wildman–Crippen MR) is 85.9 cm³/mol. The molecule has 0 amide bonds. The highest BCUT2D eigenvalue weighted by atomic mass is 32.2. The lowest BCUT2D eigenvalue weighted by atomic mass is 10.1. The van der Waals surface area contributed by atoms with Crippen LogP contribution in [0.1, 0.15) is 29.7 Å². The first kappa shape index (κ1) is 17.8. The molecule has 1 unspecified atom stereocenters. The minimum Gasteiger partial charge on any atom is -0.392 e. The fraction of sp³-hybridized carbons (Fsp3) is 0.294. The first-order valence-electron chi connectivity index (χ1n) is 7.16. The summed E-state index contributed by atoms with van der Waals surface area (Å²) in [4.78, 5) is 0.530. The fourth-order valence-corrected chi connectivity index (χ4v) is 2.68. The Bertz CT molecular complexity index is 634. The van der Waals surface area contributed by atoms with Gasteiger partial charge >= 0.3 is 0 Å². The minimum absolute atomic E-state index is 0.0169. The van der Waals surface area contributed by atoms with Crippen molar-refractivity contribution in [2.45, 2.75) is 36.8 Å². The van der Waals surface area contributed by atoms with Crippen LogP contribution in [0.2, 0.25) is 0 Å². The summed E-state index contributed by atoms with van der Waals surface area (Å²) in [5.74, 6) is -2.84. The molecule has 0 radical (unpaired) electrons. The van der Waals surface area contributed by atoms with E-state index >= 15 is 0 Å². The molecule has 1 atom stereocenters. The van der Waals surface area contributed by atoms with E-state index in [0.717, 1.165) is 11.1 Å². The van der Waals surface area contributed by atoms with E-state index in [4.69, 9.17) is 5.11 Å². The van der Waals surface area contributed by atoms with E-state index in [1.165, 1.54) is 6.07 Å². The number of halogens is 3. The van der Waals surface area contributed by atoms with Crippen LogP contribution in [0.4, 0.5) is 13.2 Å². The molecule has 0 aliphatic heterocycles. The second-order valence-electron chi connectivity index (χ2n) is 5.13. The number of aliphatic hydroxyl groups excluding tert-OH is 1. The Morgan fingerprint density at radius 3 is 2.43 bits per heavy atom. The second-order valence-corrected chi connectivity index (χ2v) is 6.20. The van der Waals surface area contributed by atoms with Crippen molar-refractivity contribution in [2.75, 3.05) is 0 Å². The van der Waals surface area contributed by atoms with Gasteiger partial charge in [0.25, 0.3) is 5.76 Å². The third-order valence-electron chi connectivity index (χ3n) is 3.50. The van der Waals surface area contributed by atoms with Gasteiger partial charge in [0, 0.05) is 23.0 Å². The summed E-state index contributed by atoms with van der Waals surface area (Å²) in [6.45, 7) is 2.15. The molecule has 0 saturated heterocycles. The Labute approximate surface area is 137 Å². The van der Waals surface area contributed by atoms with Crippen molar-refractivity contribution in [1.82, 2.24) is 5.32 Å². The quantitative estimate of drug-likeness (QED) is 0.728. The maximum Gasteiger partial charge on any atom is 0.288 e. The van der Waals surface area contributed by atoms with E-state index in [-0.39, 0.29) is 18.2 Å². The number of thioether (sulfide) groups is 1. The van der Waals surface area contributed by atoms with Crippen LogP contribution < -0.4 is 5.32 Å². The molecular formula is C17H18F3NOS. The zero-order valence-corrected chi connectivity index (χ0v) is 13.4. The molecule has 124 valence electrons. The third kappa shape index (κ3) is 5.27. The average Bonchev–Trinajstić information content (AvgIpc) is 2.54. The second kappa shape index (κ2) is 8.38. The van der Waals surface area contributed by atoms with Gasteiger partial charge < -0.3 is 10.4 Å². The summed E-state index contributed by atoms with van der Waals surface area (Å²) in [6.07, 6.45) is 0. The van der Waals surface area contributed by atoms with Gasteiger partial charge in [-0.25, -0.2) is 4.39 Å². The highest BCUT2D eigenvalue weighted by Gasteiger charge is 2.09. The molecule has 2 nitrogen and oxygen atoms in total. The molecule has 2 aromatic carbocycles. The average molecular weight is 341 g/mol. The van der Waals surface area contributed by atoms with E-state index < -0.39 is 11.6 Å². The fourth-order valence-electron chi connectivity index (χ4n) is 2.19. The van der Waals surface area contributed by atoms with Crippen LogP contribution >= 0.6 is 11.8 Å². The molecule has 2 N–H and O–H groups in total. The van der Waals surface area contributed by atoms with Crippen molar-refractivity contribution in [2.24, 2.45) is 0 Å². The lowest BCUT2D eigenvalue weighted by Crippen LogP contribution is -2.18. The van der Waals surface area contributed by atoms with Crippen molar-refractivity contribution in [3.8, 4) is 0 Å². The Morgan fingerprint density at radius 1 is 1.13 bits per heavy atom. The smallest absolute Gasteiger partial charge is 0.288 e. The van der Waals surface area contributed by atoms with Crippen molar-refractivity contribution < 1.29 is 18.3 Å². The lowest BCUT2D eigenvalue weighted by Gasteiger charge is -2.15. The minimum atomic E-state index is -2.42. The third-order valence-corrected chi connectivity index (χ3v) is 4.22. The summed E-state index contributed by atoms with van der Waals surface area (Å²) in [5.41, 5.74) is 2.12. The largest absolute Gasteiger partial charge is 0.392 e. The van der Waals surface area contributed by atoms with E-state index in [1.807, 2.05) is 19.1 Å². The number of aliphatic hydroxyl groups is 1. The lowest BCUT2D eigenvalue weighted by molar-refractivity contribution is 0.252. The molecule has 23 heavy (non-hydrogen) atoms. The van der Waals surface area contributed by atoms with Crippen LogP contribution in [0.25, 0.3) is 0 Å². The number of hydrogen-bond donors (Lipinski definition) is 2. The van der Waals surface area contributed by atoms with Gasteiger partial charge in [-0.2, -0.15) is 8.78 Å². The topological polar surface area (TPSA) is 32.3 Å². The molecule has 0 aliphatic rings. The van der Waals surface area contributed by atoms with Gasteiger partial charge in [-0.15, -0.1) is 0 Å². The van der Waals surface area contributed by atoms with Crippen molar-refractivity contribution in [1.29, 1.82) is 0 Å². The van der Waals surface area contributed by atoms with Gasteiger partial charge in [0.2, 0.25) is 0 Å². The summed E-state index contributed by atoms with van der Waals surface area (Å²) in [7, 11) is 0. The van der Waals surface area contributed by atoms with Crippen molar-refractivity contribution >= 4 is 11.8 Å². The number of rotatable bonds is 7. The highest BCUT2D eigenvalue weighted by Crippen LogP contribution is 2.26. The molecule has 0 bridgehead atoms. The Kier molecular flexibility index (Phi) is 6.50. The molecule has 2 rings (SSSR count). The highest BCUT2D eigenvalue weighted by molar-refractivity contribution is 7.99. The molecule has 6 heteroatoms. The van der Waals surface area contributed by atoms with E-state index in [2.05, 4.69) is 5.32 Å². The molecule has 0 spiro atoms. The first-order chi connectivity index (χ1) is 11.0. The SMILES string of the molecule is CC(NCc1ccc(F)c(CO)c1)c1ccc(SC(F)F)cc1. The summed E-state index contributed by atoms with van der Waals surface area (Å²) in [6, 6.07) is 11.6. The number of hydrogen-bond acceptors (Lipinski definition) is 3. The van der Waals surface area contributed by atoms with Crippen LogP contribution in [0.5, 0.6) is 0 Å². The van der Waals surface area contributed by atoms with Crippen LogP contribution in [-0.2, 0) is 13.2 Å². The Balaban J connectivity index is 1.95. The monoisotopic (exact) mass is 341 g/mol. The van der Waals surface area contributed by atoms with Gasteiger partial charge in [-0.1, -0.05) is 30.0 Å². The first-order valence-corrected chi connectivity index (χ1v) is 8.04. The van der Waals surface area contributed by atoms with Crippen molar-refractivity contribution in [3.63, 3.8) is 0 Å². The molecule has 0 saturated carbocycles. The van der Waals surface area contributed by atoms with Gasteiger partial charge in [-0.05, 0) is 42.3 Å². The Morgan fingerprint density at radius 2 is 1.83 bits per heavy atom. The summed E-state index contributed by atoms with van der Waals surface area (Å²) < 4.78 is 37.9. The van der Waals surface area contributed by atoms with Crippen molar-refractivity contribution in [3.05, 3.63) is 65.0 Å². The predicted octanol–water partition coefficient (Wildman–Crippen LogP) is 4.48. The van der Waals surface area contributed by atoms with Gasteiger partial charge in [0.05, 0.1) is 6.61 Å². The molecule has 0 aliphatic carbocycles. The maximum atomic E-state index is 13.3. The van der Waals surface area contributed by atoms with E-state index in [9.17, 15) is 13.2 Å². The van der Waals surface area contributed by atoms with Crippen LogP contribution in [-0.4, -0.2) is 10.9 Å². The molecule has 2 aromatic rings. The standard InChI is InChI=1S/C17H18F3NOS/c1-11(13-3-5-15(6-4-13)23-17(19)20)21-9-12-2-7-16(18)14(8-12)10-22/h2-8,11,17,21-22H,9-10H2,1H3. The molecule has 0 heterocycles. The van der Waals surface area contributed by atoms with Gasteiger partial charge in [0.1, 0.15) is 5.82 Å². The molecule has 0 aromatic heterocycles. The summed E-state index contributed by atoms with van der Waals surface area (Å²) >= 11 is 0.522. The zero-order chi connectivity index (χ0) is 16.8. The van der Waals surface area contributed by atoms with Gasteiger partial charge in [0.15, 0.2) is 0 Å². The summed E-state index contributed by atoms with van der Waals surface area (Å²) in [5, 5.41) is 12.4. The van der Waals surface area contributed by atoms with Crippen LogP contribution in [0.3, 0.4) is 0 Å². The molecular weight excluding hydrogens is 323 g/mol. The number of benzene rings is 2. The number of nitrogens with one attached hydrogen (secondary N) is 1. The molecule has 0 fully saturated rings. The Hall–Kier alpha value is -1.50. The normalized spacial score (nSPS) is 12.6. The van der Waals surface area contributed by atoms with E-state index in [1.54, 1.807) is 24.3 Å².